The maximum Gasteiger partial charge on any atom is 0.412 e. The molecule has 0 radical (unpaired) electrons. The van der Waals surface area contributed by atoms with Gasteiger partial charge in [-0.1, -0.05) is 12.1 Å². The van der Waals surface area contributed by atoms with E-state index in [1.54, 1.807) is 12.1 Å². The van der Waals surface area contributed by atoms with Crippen LogP contribution in [0.2, 0.25) is 0 Å². The number of carbonyl (C=O) groups excluding carboxylic acids is 1. The molecule has 2 aromatic carbocycles. The summed E-state index contributed by atoms with van der Waals surface area (Å²) in [5, 5.41) is 13.0. The molecule has 22 heavy (non-hydrogen) atoms. The van der Waals surface area contributed by atoms with E-state index in [0.29, 0.717) is 6.42 Å². The number of amides is 1. The van der Waals surface area contributed by atoms with Gasteiger partial charge in [-0.05, 0) is 36.2 Å². The van der Waals surface area contributed by atoms with Gasteiger partial charge in [0.15, 0.2) is 0 Å². The van der Waals surface area contributed by atoms with Gasteiger partial charge in [0.05, 0.1) is 4.92 Å². The van der Waals surface area contributed by atoms with Crippen LogP contribution in [0.5, 0.6) is 5.75 Å². The highest BCUT2D eigenvalue weighted by molar-refractivity contribution is 5.70. The van der Waals surface area contributed by atoms with E-state index in [9.17, 15) is 19.3 Å². The molecule has 0 aliphatic heterocycles. The molecule has 0 saturated carbocycles. The molecule has 0 saturated heterocycles. The molecule has 1 N–H and O–H groups in total. The number of nitro groups is 1. The van der Waals surface area contributed by atoms with E-state index in [0.717, 1.165) is 5.56 Å². The highest BCUT2D eigenvalue weighted by Crippen LogP contribution is 2.17. The largest absolute Gasteiger partial charge is 0.412 e. The van der Waals surface area contributed by atoms with E-state index in [1.165, 1.54) is 36.4 Å². The Bertz CT molecular complexity index is 673. The number of rotatable bonds is 5. The SMILES string of the molecule is O=C(NCCc1cccc(F)c1)Oc1ccc([N+](=O)[O-])cc1. The molecular weight excluding hydrogens is 291 g/mol. The van der Waals surface area contributed by atoms with Crippen LogP contribution in [0, 0.1) is 15.9 Å². The van der Waals surface area contributed by atoms with Crippen molar-refractivity contribution in [2.24, 2.45) is 0 Å². The van der Waals surface area contributed by atoms with E-state index < -0.39 is 11.0 Å². The summed E-state index contributed by atoms with van der Waals surface area (Å²) in [6, 6.07) is 11.3. The van der Waals surface area contributed by atoms with Crippen molar-refractivity contribution in [1.82, 2.24) is 5.32 Å². The molecule has 0 aliphatic rings. The Morgan fingerprint density at radius 3 is 2.59 bits per heavy atom. The second-order valence-electron chi connectivity index (χ2n) is 4.45. The summed E-state index contributed by atoms with van der Waals surface area (Å²) in [5.74, 6) is -0.125. The molecule has 0 fully saturated rings. The number of carbonyl (C=O) groups is 1. The van der Waals surface area contributed by atoms with Crippen molar-refractivity contribution in [2.45, 2.75) is 6.42 Å². The van der Waals surface area contributed by atoms with Gasteiger partial charge in [0, 0.05) is 18.7 Å². The molecular formula is C15H13FN2O4. The number of nitrogens with one attached hydrogen (secondary N) is 1. The molecule has 0 bridgehead atoms. The lowest BCUT2D eigenvalue weighted by molar-refractivity contribution is -0.384. The van der Waals surface area contributed by atoms with E-state index in [4.69, 9.17) is 4.74 Å². The van der Waals surface area contributed by atoms with Crippen LogP contribution in [-0.4, -0.2) is 17.6 Å². The van der Waals surface area contributed by atoms with E-state index in [2.05, 4.69) is 5.32 Å². The maximum absolute atomic E-state index is 13.0. The van der Waals surface area contributed by atoms with Crippen molar-refractivity contribution in [3.8, 4) is 5.75 Å². The van der Waals surface area contributed by atoms with E-state index in [-0.39, 0.29) is 23.8 Å². The fourth-order valence-corrected chi connectivity index (χ4v) is 1.78. The van der Waals surface area contributed by atoms with E-state index in [1.807, 2.05) is 0 Å². The van der Waals surface area contributed by atoms with Crippen LogP contribution in [0.15, 0.2) is 48.5 Å². The van der Waals surface area contributed by atoms with Crippen molar-refractivity contribution in [1.29, 1.82) is 0 Å². The average Bonchev–Trinajstić information content (AvgIpc) is 2.48. The Balaban J connectivity index is 1.79. The van der Waals surface area contributed by atoms with Gasteiger partial charge in [0.1, 0.15) is 11.6 Å². The first-order chi connectivity index (χ1) is 10.5. The summed E-state index contributed by atoms with van der Waals surface area (Å²) < 4.78 is 17.9. The number of ether oxygens (including phenoxy) is 1. The summed E-state index contributed by atoms with van der Waals surface area (Å²) in [6.45, 7) is 0.287. The van der Waals surface area contributed by atoms with Crippen LogP contribution < -0.4 is 10.1 Å². The second kappa shape index (κ2) is 7.16. The zero-order chi connectivity index (χ0) is 15.9. The van der Waals surface area contributed by atoms with Gasteiger partial charge in [-0.15, -0.1) is 0 Å². The summed E-state index contributed by atoms with van der Waals surface area (Å²) in [5.41, 5.74) is 0.675. The molecule has 2 aromatic rings. The first-order valence-electron chi connectivity index (χ1n) is 6.49. The topological polar surface area (TPSA) is 81.5 Å². The van der Waals surface area contributed by atoms with Crippen molar-refractivity contribution in [3.05, 3.63) is 70.0 Å². The first-order valence-corrected chi connectivity index (χ1v) is 6.49. The van der Waals surface area contributed by atoms with Gasteiger partial charge in [-0.2, -0.15) is 0 Å². The van der Waals surface area contributed by atoms with Gasteiger partial charge in [0.2, 0.25) is 0 Å². The minimum Gasteiger partial charge on any atom is -0.410 e. The van der Waals surface area contributed by atoms with Crippen molar-refractivity contribution in [3.63, 3.8) is 0 Å². The second-order valence-corrected chi connectivity index (χ2v) is 4.45. The summed E-state index contributed by atoms with van der Waals surface area (Å²) in [6.07, 6.45) is -0.210. The molecule has 6 nitrogen and oxygen atoms in total. The molecule has 0 heterocycles. The minimum absolute atomic E-state index is 0.0844. The summed E-state index contributed by atoms with van der Waals surface area (Å²) in [4.78, 5) is 21.5. The van der Waals surface area contributed by atoms with Gasteiger partial charge in [-0.3, -0.25) is 10.1 Å². The van der Waals surface area contributed by atoms with Crippen LogP contribution in [0.4, 0.5) is 14.9 Å². The Morgan fingerprint density at radius 1 is 1.23 bits per heavy atom. The molecule has 0 unspecified atom stereocenters. The minimum atomic E-state index is -0.676. The van der Waals surface area contributed by atoms with Crippen LogP contribution in [-0.2, 0) is 6.42 Å². The Kier molecular flexibility index (Phi) is 5.02. The zero-order valence-corrected chi connectivity index (χ0v) is 11.5. The van der Waals surface area contributed by atoms with E-state index >= 15 is 0 Å². The number of benzene rings is 2. The number of hydrogen-bond donors (Lipinski definition) is 1. The molecule has 0 aliphatic carbocycles. The third kappa shape index (κ3) is 4.55. The van der Waals surface area contributed by atoms with Crippen molar-refractivity contribution in [2.75, 3.05) is 6.54 Å². The van der Waals surface area contributed by atoms with Crippen LogP contribution in [0.1, 0.15) is 5.56 Å². The molecule has 114 valence electrons. The number of non-ortho nitro benzene ring substituents is 1. The van der Waals surface area contributed by atoms with Gasteiger partial charge < -0.3 is 10.1 Å². The molecule has 7 heteroatoms. The van der Waals surface area contributed by atoms with Crippen LogP contribution >= 0.6 is 0 Å². The Morgan fingerprint density at radius 2 is 1.95 bits per heavy atom. The average molecular weight is 304 g/mol. The fourth-order valence-electron chi connectivity index (χ4n) is 1.78. The molecule has 2 rings (SSSR count). The third-order valence-corrected chi connectivity index (χ3v) is 2.83. The lowest BCUT2D eigenvalue weighted by atomic mass is 10.1. The van der Waals surface area contributed by atoms with Gasteiger partial charge >= 0.3 is 6.09 Å². The normalized spacial score (nSPS) is 10.0. The van der Waals surface area contributed by atoms with Gasteiger partial charge in [0.25, 0.3) is 5.69 Å². The first kappa shape index (κ1) is 15.4. The molecule has 0 spiro atoms. The predicted molar refractivity (Wildman–Crippen MR) is 77.2 cm³/mol. The van der Waals surface area contributed by atoms with Gasteiger partial charge in [-0.25, -0.2) is 9.18 Å². The number of nitrogens with zero attached hydrogens (tertiary/aromatic N) is 1. The zero-order valence-electron chi connectivity index (χ0n) is 11.5. The lowest BCUT2D eigenvalue weighted by Crippen LogP contribution is -2.28. The summed E-state index contributed by atoms with van der Waals surface area (Å²) in [7, 11) is 0. The standard InChI is InChI=1S/C15H13FN2O4/c16-12-3-1-2-11(10-12)8-9-17-15(19)22-14-6-4-13(5-7-14)18(20)21/h1-7,10H,8-9H2,(H,17,19). The molecule has 0 atom stereocenters. The molecule has 0 aromatic heterocycles. The van der Waals surface area contributed by atoms with Crippen LogP contribution in [0.3, 0.4) is 0 Å². The number of hydrogen-bond acceptors (Lipinski definition) is 4. The third-order valence-electron chi connectivity index (χ3n) is 2.83. The van der Waals surface area contributed by atoms with Crippen molar-refractivity contribution >= 4 is 11.8 Å². The molecule has 1 amide bonds. The number of nitro benzene ring substituents is 1. The monoisotopic (exact) mass is 304 g/mol. The Labute approximate surface area is 125 Å². The predicted octanol–water partition coefficient (Wildman–Crippen LogP) is 3.07. The maximum atomic E-state index is 13.0. The highest BCUT2D eigenvalue weighted by Gasteiger charge is 2.07. The quantitative estimate of drug-likeness (QED) is 0.680. The summed E-state index contributed by atoms with van der Waals surface area (Å²) >= 11 is 0. The van der Waals surface area contributed by atoms with Crippen LogP contribution in [0.25, 0.3) is 0 Å². The lowest BCUT2D eigenvalue weighted by Gasteiger charge is -2.06. The smallest absolute Gasteiger partial charge is 0.410 e. The highest BCUT2D eigenvalue weighted by atomic mass is 19.1. The number of halogens is 1. The fraction of sp³-hybridized carbons (Fsp3) is 0.133. The van der Waals surface area contributed by atoms with Crippen molar-refractivity contribution < 1.29 is 18.8 Å². The Hall–Kier alpha value is -2.96.